The Morgan fingerprint density at radius 1 is 1.38 bits per heavy atom. The van der Waals surface area contributed by atoms with Crippen LogP contribution in [-0.4, -0.2) is 32.3 Å². The van der Waals surface area contributed by atoms with Crippen molar-refractivity contribution in [1.82, 2.24) is 4.90 Å². The van der Waals surface area contributed by atoms with E-state index in [9.17, 15) is 0 Å². The van der Waals surface area contributed by atoms with E-state index in [1.807, 2.05) is 25.9 Å². The van der Waals surface area contributed by atoms with Crippen LogP contribution >= 0.6 is 12.4 Å². The number of nitrogens with zero attached hydrogens (tertiary/aromatic N) is 1. The van der Waals surface area contributed by atoms with Gasteiger partial charge in [0.25, 0.3) is 0 Å². The fraction of sp³-hybridized carbons (Fsp3) is 1.00. The van der Waals surface area contributed by atoms with Gasteiger partial charge in [0.15, 0.2) is 0 Å². The van der Waals surface area contributed by atoms with Crippen molar-refractivity contribution in [2.45, 2.75) is 6.92 Å². The van der Waals surface area contributed by atoms with Gasteiger partial charge in [0.1, 0.15) is 0 Å². The molecule has 0 unspecified atom stereocenters. The molecule has 0 heterocycles. The molecule has 3 heteroatoms. The maximum absolute atomic E-state index is 5.02. The van der Waals surface area contributed by atoms with Crippen molar-refractivity contribution in [2.24, 2.45) is 0 Å². The number of ether oxygens (including phenoxy) is 1. The van der Waals surface area contributed by atoms with Crippen molar-refractivity contribution >= 4 is 12.4 Å². The molecule has 0 aliphatic rings. The first kappa shape index (κ1) is 11.1. The number of rotatable bonds is 3. The minimum absolute atomic E-state index is 0. The van der Waals surface area contributed by atoms with E-state index in [0.717, 1.165) is 13.3 Å². The number of halogens is 1. The molecule has 0 fully saturated rings. The van der Waals surface area contributed by atoms with Gasteiger partial charge in [0, 0.05) is 6.61 Å². The van der Waals surface area contributed by atoms with E-state index in [-0.39, 0.29) is 12.4 Å². The van der Waals surface area contributed by atoms with E-state index in [1.54, 1.807) is 0 Å². The molecule has 0 aromatic rings. The quantitative estimate of drug-likeness (QED) is 0.541. The van der Waals surface area contributed by atoms with Crippen molar-refractivity contribution in [3.63, 3.8) is 0 Å². The standard InChI is InChI=1S/C5H13NO.ClH/c1-4-7-5-6(2)3;/h4-5H2,1-3H3;1H. The summed E-state index contributed by atoms with van der Waals surface area (Å²) >= 11 is 0. The average Bonchev–Trinajstić information content (AvgIpc) is 1.61. The topological polar surface area (TPSA) is 12.5 Å². The lowest BCUT2D eigenvalue weighted by molar-refractivity contribution is 0.0650. The fourth-order valence-electron chi connectivity index (χ4n) is 0.274. The van der Waals surface area contributed by atoms with Gasteiger partial charge in [-0.25, -0.2) is 0 Å². The molecular weight excluding hydrogens is 126 g/mol. The molecule has 0 spiro atoms. The van der Waals surface area contributed by atoms with Crippen molar-refractivity contribution in [3.05, 3.63) is 0 Å². The molecular formula is C5H14ClNO. The summed E-state index contributed by atoms with van der Waals surface area (Å²) in [5.74, 6) is 0. The Bertz CT molecular complexity index is 41.4. The Hall–Kier alpha value is 0.210. The number of hydrogen-bond donors (Lipinski definition) is 0. The molecule has 0 rings (SSSR count). The summed E-state index contributed by atoms with van der Waals surface area (Å²) in [5.41, 5.74) is 0. The van der Waals surface area contributed by atoms with Crippen LogP contribution in [0.5, 0.6) is 0 Å². The smallest absolute Gasteiger partial charge is 0.0985 e. The zero-order valence-electron chi connectivity index (χ0n) is 5.68. The lowest BCUT2D eigenvalue weighted by Crippen LogP contribution is -2.15. The van der Waals surface area contributed by atoms with E-state index in [2.05, 4.69) is 0 Å². The fourth-order valence-corrected chi connectivity index (χ4v) is 0.274. The number of hydrogen-bond acceptors (Lipinski definition) is 2. The zero-order valence-corrected chi connectivity index (χ0v) is 6.49. The minimum Gasteiger partial charge on any atom is -0.366 e. The first-order valence-corrected chi connectivity index (χ1v) is 2.50. The molecule has 0 atom stereocenters. The summed E-state index contributed by atoms with van der Waals surface area (Å²) < 4.78 is 5.02. The van der Waals surface area contributed by atoms with Gasteiger partial charge in [-0.2, -0.15) is 0 Å². The third-order valence-electron chi connectivity index (χ3n) is 0.554. The van der Waals surface area contributed by atoms with E-state index in [0.29, 0.717) is 0 Å². The first-order valence-electron chi connectivity index (χ1n) is 2.50. The van der Waals surface area contributed by atoms with Crippen LogP contribution in [0.15, 0.2) is 0 Å². The molecule has 0 amide bonds. The Morgan fingerprint density at radius 3 is 2.00 bits per heavy atom. The van der Waals surface area contributed by atoms with Gasteiger partial charge in [-0.05, 0) is 21.0 Å². The van der Waals surface area contributed by atoms with Gasteiger partial charge < -0.3 is 4.74 Å². The summed E-state index contributed by atoms with van der Waals surface area (Å²) in [6.07, 6.45) is 0. The highest BCUT2D eigenvalue weighted by Gasteiger charge is 1.82. The lowest BCUT2D eigenvalue weighted by atomic mass is 10.8. The summed E-state index contributed by atoms with van der Waals surface area (Å²) in [5, 5.41) is 0. The molecule has 0 saturated heterocycles. The third kappa shape index (κ3) is 9.51. The van der Waals surface area contributed by atoms with Gasteiger partial charge >= 0.3 is 0 Å². The van der Waals surface area contributed by atoms with Crippen LogP contribution in [0.25, 0.3) is 0 Å². The van der Waals surface area contributed by atoms with E-state index >= 15 is 0 Å². The minimum atomic E-state index is 0. The summed E-state index contributed by atoms with van der Waals surface area (Å²) in [4.78, 5) is 1.99. The molecule has 0 bridgehead atoms. The molecule has 0 N–H and O–H groups in total. The monoisotopic (exact) mass is 139 g/mol. The Labute approximate surface area is 57.2 Å². The normalized spacial score (nSPS) is 9.00. The summed E-state index contributed by atoms with van der Waals surface area (Å²) in [6, 6.07) is 0. The SMILES string of the molecule is CCOCN(C)C.Cl. The van der Waals surface area contributed by atoms with E-state index in [4.69, 9.17) is 4.74 Å². The largest absolute Gasteiger partial charge is 0.366 e. The van der Waals surface area contributed by atoms with Crippen LogP contribution in [0.1, 0.15) is 6.92 Å². The second-order valence-electron chi connectivity index (χ2n) is 1.70. The van der Waals surface area contributed by atoms with Crippen LogP contribution in [0.2, 0.25) is 0 Å². The maximum atomic E-state index is 5.02. The van der Waals surface area contributed by atoms with Crippen LogP contribution in [-0.2, 0) is 4.74 Å². The second kappa shape index (κ2) is 7.21. The van der Waals surface area contributed by atoms with Crippen LogP contribution in [0.4, 0.5) is 0 Å². The molecule has 0 aliphatic carbocycles. The second-order valence-corrected chi connectivity index (χ2v) is 1.70. The van der Waals surface area contributed by atoms with E-state index < -0.39 is 0 Å². The van der Waals surface area contributed by atoms with Crippen LogP contribution < -0.4 is 0 Å². The molecule has 0 aromatic carbocycles. The first-order chi connectivity index (χ1) is 3.27. The van der Waals surface area contributed by atoms with Crippen molar-refractivity contribution in [1.29, 1.82) is 0 Å². The highest BCUT2D eigenvalue weighted by molar-refractivity contribution is 5.85. The predicted octanol–water partition coefficient (Wildman–Crippen LogP) is 0.964. The highest BCUT2D eigenvalue weighted by atomic mass is 35.5. The van der Waals surface area contributed by atoms with Crippen molar-refractivity contribution in [2.75, 3.05) is 27.4 Å². The van der Waals surface area contributed by atoms with Gasteiger partial charge in [0.2, 0.25) is 0 Å². The van der Waals surface area contributed by atoms with Crippen LogP contribution in [0, 0.1) is 0 Å². The van der Waals surface area contributed by atoms with E-state index in [1.165, 1.54) is 0 Å². The molecule has 0 radical (unpaired) electrons. The van der Waals surface area contributed by atoms with Gasteiger partial charge in [-0.1, -0.05) is 0 Å². The molecule has 52 valence electrons. The maximum Gasteiger partial charge on any atom is 0.0985 e. The Kier molecular flexibility index (Phi) is 9.97. The van der Waals surface area contributed by atoms with Gasteiger partial charge in [0.05, 0.1) is 6.73 Å². The third-order valence-corrected chi connectivity index (χ3v) is 0.554. The van der Waals surface area contributed by atoms with Crippen molar-refractivity contribution in [3.8, 4) is 0 Å². The molecule has 0 saturated carbocycles. The Morgan fingerprint density at radius 2 is 1.88 bits per heavy atom. The summed E-state index contributed by atoms with van der Waals surface area (Å²) in [7, 11) is 3.96. The highest BCUT2D eigenvalue weighted by Crippen LogP contribution is 1.74. The van der Waals surface area contributed by atoms with Crippen LogP contribution in [0.3, 0.4) is 0 Å². The molecule has 8 heavy (non-hydrogen) atoms. The summed E-state index contributed by atoms with van der Waals surface area (Å²) in [6.45, 7) is 3.53. The Balaban J connectivity index is 0. The predicted molar refractivity (Wildman–Crippen MR) is 37.4 cm³/mol. The lowest BCUT2D eigenvalue weighted by Gasteiger charge is -2.07. The van der Waals surface area contributed by atoms with Gasteiger partial charge in [-0.3, -0.25) is 4.90 Å². The molecule has 0 aliphatic heterocycles. The van der Waals surface area contributed by atoms with Gasteiger partial charge in [-0.15, -0.1) is 12.4 Å². The average molecular weight is 140 g/mol. The van der Waals surface area contributed by atoms with Crippen molar-refractivity contribution < 1.29 is 4.74 Å². The molecule has 2 nitrogen and oxygen atoms in total. The molecule has 0 aromatic heterocycles. The zero-order chi connectivity index (χ0) is 5.70.